The van der Waals surface area contributed by atoms with Crippen LogP contribution in [0.15, 0.2) is 35.5 Å². The highest BCUT2D eigenvalue weighted by Crippen LogP contribution is 2.19. The number of nitrogens with zero attached hydrogens (tertiary/aromatic N) is 2. The van der Waals surface area contributed by atoms with Gasteiger partial charge in [-0.15, -0.1) is 0 Å². The molecule has 1 heterocycles. The second kappa shape index (κ2) is 4.98. The number of H-pyrrole nitrogens is 1. The SMILES string of the molecule is CN(Cc1ncc[nH]1)S(=O)(=O)c1ccc(N)c(F)c1. The van der Waals surface area contributed by atoms with E-state index < -0.39 is 15.8 Å². The highest BCUT2D eigenvalue weighted by atomic mass is 32.2. The van der Waals surface area contributed by atoms with Gasteiger partial charge >= 0.3 is 0 Å². The summed E-state index contributed by atoms with van der Waals surface area (Å²) in [5, 5.41) is 0. The van der Waals surface area contributed by atoms with Gasteiger partial charge in [0, 0.05) is 19.4 Å². The van der Waals surface area contributed by atoms with E-state index in [9.17, 15) is 12.8 Å². The molecule has 3 N–H and O–H groups in total. The number of anilines is 1. The van der Waals surface area contributed by atoms with E-state index in [1.165, 1.54) is 25.4 Å². The molecule has 6 nitrogen and oxygen atoms in total. The Hall–Kier alpha value is -1.93. The van der Waals surface area contributed by atoms with Gasteiger partial charge in [0.2, 0.25) is 10.0 Å². The molecule has 19 heavy (non-hydrogen) atoms. The maximum Gasteiger partial charge on any atom is 0.243 e. The normalized spacial score (nSPS) is 11.9. The minimum atomic E-state index is -3.78. The van der Waals surface area contributed by atoms with Gasteiger partial charge in [-0.25, -0.2) is 17.8 Å². The van der Waals surface area contributed by atoms with E-state index in [1.807, 2.05) is 0 Å². The quantitative estimate of drug-likeness (QED) is 0.818. The lowest BCUT2D eigenvalue weighted by molar-refractivity contribution is 0.457. The molecule has 0 saturated carbocycles. The molecule has 2 rings (SSSR count). The largest absolute Gasteiger partial charge is 0.396 e. The molecule has 0 aliphatic carbocycles. The fourth-order valence-corrected chi connectivity index (χ4v) is 2.67. The first kappa shape index (κ1) is 13.5. The first-order chi connectivity index (χ1) is 8.91. The van der Waals surface area contributed by atoms with Crippen molar-refractivity contribution in [1.29, 1.82) is 0 Å². The Kier molecular flexibility index (Phi) is 3.54. The molecule has 8 heteroatoms. The van der Waals surface area contributed by atoms with E-state index >= 15 is 0 Å². The molecule has 0 radical (unpaired) electrons. The van der Waals surface area contributed by atoms with Crippen LogP contribution in [-0.4, -0.2) is 29.7 Å². The standard InChI is InChI=1S/C11H13FN4O2S/c1-16(7-11-14-4-5-15-11)19(17,18)8-2-3-10(13)9(12)6-8/h2-6H,7,13H2,1H3,(H,14,15). The minimum Gasteiger partial charge on any atom is -0.396 e. The molecule has 1 aromatic heterocycles. The first-order valence-electron chi connectivity index (χ1n) is 5.41. The van der Waals surface area contributed by atoms with Crippen molar-refractivity contribution in [1.82, 2.24) is 14.3 Å². The van der Waals surface area contributed by atoms with Crippen LogP contribution in [-0.2, 0) is 16.6 Å². The molecule has 2 aromatic rings. The van der Waals surface area contributed by atoms with Crippen molar-refractivity contribution in [3.05, 3.63) is 42.2 Å². The number of imidazole rings is 1. The molecular weight excluding hydrogens is 271 g/mol. The topological polar surface area (TPSA) is 92.1 Å². The van der Waals surface area contributed by atoms with Crippen LogP contribution < -0.4 is 5.73 Å². The van der Waals surface area contributed by atoms with E-state index in [0.717, 1.165) is 10.4 Å². The predicted octanol–water partition coefficient (Wildman–Crippen LogP) is 0.952. The molecule has 0 atom stereocenters. The summed E-state index contributed by atoms with van der Waals surface area (Å²) in [4.78, 5) is 6.59. The van der Waals surface area contributed by atoms with Gasteiger partial charge in [0.15, 0.2) is 0 Å². The zero-order valence-electron chi connectivity index (χ0n) is 10.2. The van der Waals surface area contributed by atoms with Gasteiger partial charge in [-0.3, -0.25) is 0 Å². The second-order valence-electron chi connectivity index (χ2n) is 3.98. The minimum absolute atomic E-state index is 0.0708. The molecule has 0 aliphatic heterocycles. The summed E-state index contributed by atoms with van der Waals surface area (Å²) in [6.07, 6.45) is 3.12. The number of aromatic nitrogens is 2. The summed E-state index contributed by atoms with van der Waals surface area (Å²) in [6.45, 7) is 0.0708. The van der Waals surface area contributed by atoms with Gasteiger partial charge < -0.3 is 10.7 Å². The van der Waals surface area contributed by atoms with Crippen molar-refractivity contribution < 1.29 is 12.8 Å². The number of rotatable bonds is 4. The highest BCUT2D eigenvalue weighted by molar-refractivity contribution is 7.89. The number of sulfonamides is 1. The van der Waals surface area contributed by atoms with Crippen molar-refractivity contribution in [3.63, 3.8) is 0 Å². The predicted molar refractivity (Wildman–Crippen MR) is 68.1 cm³/mol. The number of benzene rings is 1. The molecule has 0 unspecified atom stereocenters. The summed E-state index contributed by atoms with van der Waals surface area (Å²) in [5.41, 5.74) is 5.23. The van der Waals surface area contributed by atoms with Gasteiger partial charge in [-0.05, 0) is 18.2 Å². The van der Waals surface area contributed by atoms with Crippen molar-refractivity contribution in [3.8, 4) is 0 Å². The van der Waals surface area contributed by atoms with Crippen LogP contribution in [0.2, 0.25) is 0 Å². The second-order valence-corrected chi connectivity index (χ2v) is 6.03. The van der Waals surface area contributed by atoms with Crippen molar-refractivity contribution >= 4 is 15.7 Å². The molecule has 0 fully saturated rings. The molecule has 1 aromatic carbocycles. The summed E-state index contributed by atoms with van der Waals surface area (Å²) in [7, 11) is -2.38. The lowest BCUT2D eigenvalue weighted by Gasteiger charge is -2.16. The molecule has 0 bridgehead atoms. The molecular formula is C11H13FN4O2S. The lowest BCUT2D eigenvalue weighted by Crippen LogP contribution is -2.27. The van der Waals surface area contributed by atoms with Crippen LogP contribution in [0.5, 0.6) is 0 Å². The van der Waals surface area contributed by atoms with Gasteiger partial charge in [-0.2, -0.15) is 4.31 Å². The van der Waals surface area contributed by atoms with Gasteiger partial charge in [0.25, 0.3) is 0 Å². The zero-order chi connectivity index (χ0) is 14.0. The number of nitrogens with one attached hydrogen (secondary N) is 1. The Balaban J connectivity index is 2.28. The molecule has 0 aliphatic rings. The molecule has 102 valence electrons. The number of nitrogen functional groups attached to an aromatic ring is 1. The molecule has 0 spiro atoms. The van der Waals surface area contributed by atoms with Crippen LogP contribution >= 0.6 is 0 Å². The monoisotopic (exact) mass is 284 g/mol. The van der Waals surface area contributed by atoms with Crippen LogP contribution in [0.4, 0.5) is 10.1 Å². The van der Waals surface area contributed by atoms with Crippen LogP contribution in [0.3, 0.4) is 0 Å². The fourth-order valence-electron chi connectivity index (χ4n) is 1.53. The number of hydrogen-bond donors (Lipinski definition) is 2. The Morgan fingerprint density at radius 2 is 2.21 bits per heavy atom. The molecule has 0 amide bonds. The van der Waals surface area contributed by atoms with Gasteiger partial charge in [0.1, 0.15) is 11.6 Å². The van der Waals surface area contributed by atoms with E-state index in [-0.39, 0.29) is 17.1 Å². The Labute approximate surface area is 110 Å². The Morgan fingerprint density at radius 1 is 1.47 bits per heavy atom. The summed E-state index contributed by atoms with van der Waals surface area (Å²) < 4.78 is 38.8. The van der Waals surface area contributed by atoms with Crippen molar-refractivity contribution in [2.75, 3.05) is 12.8 Å². The van der Waals surface area contributed by atoms with Crippen LogP contribution in [0, 0.1) is 5.82 Å². The number of hydrogen-bond acceptors (Lipinski definition) is 4. The van der Waals surface area contributed by atoms with Crippen molar-refractivity contribution in [2.24, 2.45) is 0 Å². The average molecular weight is 284 g/mol. The first-order valence-corrected chi connectivity index (χ1v) is 6.85. The summed E-state index contributed by atoms with van der Waals surface area (Å²) in [6, 6.07) is 3.40. The van der Waals surface area contributed by atoms with E-state index in [2.05, 4.69) is 9.97 Å². The lowest BCUT2D eigenvalue weighted by atomic mass is 10.3. The summed E-state index contributed by atoms with van der Waals surface area (Å²) >= 11 is 0. The summed E-state index contributed by atoms with van der Waals surface area (Å²) in [5.74, 6) is -0.255. The smallest absolute Gasteiger partial charge is 0.243 e. The number of halogens is 1. The Bertz CT molecular complexity index is 670. The number of nitrogens with two attached hydrogens (primary N) is 1. The molecule has 0 saturated heterocycles. The van der Waals surface area contributed by atoms with E-state index in [1.54, 1.807) is 6.20 Å². The van der Waals surface area contributed by atoms with Crippen LogP contribution in [0.25, 0.3) is 0 Å². The third-order valence-electron chi connectivity index (χ3n) is 2.61. The third-order valence-corrected chi connectivity index (χ3v) is 4.41. The maximum absolute atomic E-state index is 13.3. The Morgan fingerprint density at radius 3 is 2.79 bits per heavy atom. The van der Waals surface area contributed by atoms with Gasteiger partial charge in [-0.1, -0.05) is 0 Å². The fraction of sp³-hybridized carbons (Fsp3) is 0.182. The third kappa shape index (κ3) is 2.74. The zero-order valence-corrected chi connectivity index (χ0v) is 11.0. The number of aromatic amines is 1. The highest BCUT2D eigenvalue weighted by Gasteiger charge is 2.22. The van der Waals surface area contributed by atoms with E-state index in [4.69, 9.17) is 5.73 Å². The van der Waals surface area contributed by atoms with Crippen molar-refractivity contribution in [2.45, 2.75) is 11.4 Å². The van der Waals surface area contributed by atoms with Crippen LogP contribution in [0.1, 0.15) is 5.82 Å². The van der Waals surface area contributed by atoms with E-state index in [0.29, 0.717) is 5.82 Å². The average Bonchev–Trinajstić information content (AvgIpc) is 2.85. The maximum atomic E-state index is 13.3. The van der Waals surface area contributed by atoms with Gasteiger partial charge in [0.05, 0.1) is 17.1 Å².